The molecule has 0 radical (unpaired) electrons. The third-order valence-corrected chi connectivity index (χ3v) is 4.25. The average Bonchev–Trinajstić information content (AvgIpc) is 2.89. The molecule has 2 aliphatic carbocycles. The summed E-state index contributed by atoms with van der Waals surface area (Å²) in [7, 11) is 0. The SMILES string of the molecule is Cc1ccc(NC(=O)C2CC3CC3C2)c(C)c1. The fourth-order valence-corrected chi connectivity index (χ4v) is 3.12. The molecule has 0 heterocycles. The first kappa shape index (κ1) is 10.8. The van der Waals surface area contributed by atoms with Crippen molar-refractivity contribution in [2.75, 3.05) is 5.32 Å². The molecule has 2 saturated carbocycles. The minimum Gasteiger partial charge on any atom is -0.326 e. The first-order chi connectivity index (χ1) is 8.13. The van der Waals surface area contributed by atoms with Crippen LogP contribution in [0.15, 0.2) is 18.2 Å². The summed E-state index contributed by atoms with van der Waals surface area (Å²) in [6.45, 7) is 4.12. The third kappa shape index (κ3) is 2.08. The summed E-state index contributed by atoms with van der Waals surface area (Å²) in [5.74, 6) is 2.22. The molecule has 2 heteroatoms. The Balaban J connectivity index is 1.67. The maximum Gasteiger partial charge on any atom is 0.227 e. The molecule has 0 bridgehead atoms. The fourth-order valence-electron chi connectivity index (χ4n) is 3.12. The van der Waals surface area contributed by atoms with Crippen LogP contribution in [0.25, 0.3) is 0 Å². The lowest BCUT2D eigenvalue weighted by molar-refractivity contribution is -0.120. The lowest BCUT2D eigenvalue weighted by atomic mass is 10.0. The molecule has 0 aromatic heterocycles. The molecule has 2 unspecified atom stereocenters. The van der Waals surface area contributed by atoms with Gasteiger partial charge < -0.3 is 5.32 Å². The van der Waals surface area contributed by atoms with Gasteiger partial charge in [-0.15, -0.1) is 0 Å². The number of hydrogen-bond donors (Lipinski definition) is 1. The van der Waals surface area contributed by atoms with Gasteiger partial charge in [0, 0.05) is 11.6 Å². The van der Waals surface area contributed by atoms with E-state index in [2.05, 4.69) is 31.3 Å². The van der Waals surface area contributed by atoms with Crippen molar-refractivity contribution in [3.8, 4) is 0 Å². The molecule has 2 atom stereocenters. The van der Waals surface area contributed by atoms with Crippen molar-refractivity contribution in [2.24, 2.45) is 17.8 Å². The minimum atomic E-state index is 0.226. The predicted molar refractivity (Wildman–Crippen MR) is 68.9 cm³/mol. The Morgan fingerprint density at radius 2 is 1.88 bits per heavy atom. The first-order valence-corrected chi connectivity index (χ1v) is 6.51. The number of rotatable bonds is 2. The van der Waals surface area contributed by atoms with Gasteiger partial charge in [0.25, 0.3) is 0 Å². The van der Waals surface area contributed by atoms with Crippen molar-refractivity contribution in [1.82, 2.24) is 0 Å². The molecule has 90 valence electrons. The fraction of sp³-hybridized carbons (Fsp3) is 0.533. The highest BCUT2D eigenvalue weighted by Crippen LogP contribution is 2.54. The minimum absolute atomic E-state index is 0.226. The molecule has 0 spiro atoms. The largest absolute Gasteiger partial charge is 0.326 e. The van der Waals surface area contributed by atoms with Crippen molar-refractivity contribution in [2.45, 2.75) is 33.1 Å². The van der Waals surface area contributed by atoms with E-state index in [1.807, 2.05) is 6.07 Å². The van der Waals surface area contributed by atoms with Gasteiger partial charge in [0.1, 0.15) is 0 Å². The summed E-state index contributed by atoms with van der Waals surface area (Å²) in [5, 5.41) is 3.08. The van der Waals surface area contributed by atoms with Gasteiger partial charge in [0.15, 0.2) is 0 Å². The van der Waals surface area contributed by atoms with Crippen molar-refractivity contribution in [3.63, 3.8) is 0 Å². The van der Waals surface area contributed by atoms with Crippen LogP contribution in [0, 0.1) is 31.6 Å². The molecule has 2 nitrogen and oxygen atoms in total. The van der Waals surface area contributed by atoms with Crippen molar-refractivity contribution < 1.29 is 4.79 Å². The highest BCUT2D eigenvalue weighted by molar-refractivity contribution is 5.93. The van der Waals surface area contributed by atoms with E-state index in [1.54, 1.807) is 0 Å². The van der Waals surface area contributed by atoms with Crippen LogP contribution in [0.3, 0.4) is 0 Å². The highest BCUT2D eigenvalue weighted by Gasteiger charge is 2.47. The summed E-state index contributed by atoms with van der Waals surface area (Å²) in [6, 6.07) is 6.18. The van der Waals surface area contributed by atoms with Crippen LogP contribution in [-0.2, 0) is 4.79 Å². The van der Waals surface area contributed by atoms with E-state index in [1.165, 1.54) is 12.0 Å². The normalized spacial score (nSPS) is 29.9. The van der Waals surface area contributed by atoms with Gasteiger partial charge in [-0.25, -0.2) is 0 Å². The summed E-state index contributed by atoms with van der Waals surface area (Å²) in [4.78, 5) is 12.1. The Bertz CT molecular complexity index is 456. The van der Waals surface area contributed by atoms with Gasteiger partial charge in [-0.2, -0.15) is 0 Å². The Kier molecular flexibility index (Phi) is 2.46. The van der Waals surface area contributed by atoms with E-state index in [0.717, 1.165) is 35.9 Å². The number of fused-ring (bicyclic) bond motifs is 1. The van der Waals surface area contributed by atoms with E-state index in [4.69, 9.17) is 0 Å². The lowest BCUT2D eigenvalue weighted by Crippen LogP contribution is -2.22. The quantitative estimate of drug-likeness (QED) is 0.828. The molecule has 1 amide bonds. The van der Waals surface area contributed by atoms with Crippen LogP contribution in [-0.4, -0.2) is 5.91 Å². The van der Waals surface area contributed by atoms with Gasteiger partial charge in [-0.3, -0.25) is 4.79 Å². The maximum atomic E-state index is 12.1. The summed E-state index contributed by atoms with van der Waals surface area (Å²) in [6.07, 6.45) is 3.59. The van der Waals surface area contributed by atoms with Gasteiger partial charge in [0.05, 0.1) is 0 Å². The van der Waals surface area contributed by atoms with Gasteiger partial charge in [-0.1, -0.05) is 17.7 Å². The third-order valence-electron chi connectivity index (χ3n) is 4.25. The first-order valence-electron chi connectivity index (χ1n) is 6.51. The van der Waals surface area contributed by atoms with Crippen molar-refractivity contribution in [1.29, 1.82) is 0 Å². The molecule has 2 fully saturated rings. The molecule has 3 rings (SSSR count). The number of benzene rings is 1. The number of aryl methyl sites for hydroxylation is 2. The number of anilines is 1. The van der Waals surface area contributed by atoms with Crippen LogP contribution in [0.2, 0.25) is 0 Å². The number of nitrogens with one attached hydrogen (secondary N) is 1. The van der Waals surface area contributed by atoms with Crippen LogP contribution >= 0.6 is 0 Å². The highest BCUT2D eigenvalue weighted by atomic mass is 16.1. The van der Waals surface area contributed by atoms with E-state index in [0.29, 0.717) is 0 Å². The topological polar surface area (TPSA) is 29.1 Å². The smallest absolute Gasteiger partial charge is 0.227 e. The molecule has 1 aromatic carbocycles. The lowest BCUT2D eigenvalue weighted by Gasteiger charge is -2.14. The Labute approximate surface area is 102 Å². The predicted octanol–water partition coefficient (Wildman–Crippen LogP) is 3.29. The Morgan fingerprint density at radius 3 is 2.53 bits per heavy atom. The van der Waals surface area contributed by atoms with Crippen LogP contribution in [0.4, 0.5) is 5.69 Å². The number of carbonyl (C=O) groups excluding carboxylic acids is 1. The molecular formula is C15H19NO. The Hall–Kier alpha value is -1.31. The summed E-state index contributed by atoms with van der Waals surface area (Å²) in [5.41, 5.74) is 3.37. The van der Waals surface area contributed by atoms with Crippen LogP contribution in [0.5, 0.6) is 0 Å². The average molecular weight is 229 g/mol. The number of carbonyl (C=O) groups is 1. The molecule has 2 aliphatic rings. The number of amides is 1. The standard InChI is InChI=1S/C15H19NO/c1-9-3-4-14(10(2)5-9)16-15(17)13-7-11-6-12(11)8-13/h3-5,11-13H,6-8H2,1-2H3,(H,16,17). The summed E-state index contributed by atoms with van der Waals surface area (Å²) >= 11 is 0. The van der Waals surface area contributed by atoms with E-state index >= 15 is 0 Å². The van der Waals surface area contributed by atoms with E-state index < -0.39 is 0 Å². The van der Waals surface area contributed by atoms with Crippen LogP contribution < -0.4 is 5.32 Å². The molecule has 17 heavy (non-hydrogen) atoms. The van der Waals surface area contributed by atoms with Gasteiger partial charge in [-0.05, 0) is 56.6 Å². The zero-order valence-electron chi connectivity index (χ0n) is 10.5. The second kappa shape index (κ2) is 3.86. The molecule has 1 N–H and O–H groups in total. The van der Waals surface area contributed by atoms with E-state index in [-0.39, 0.29) is 11.8 Å². The second-order valence-electron chi connectivity index (χ2n) is 5.73. The van der Waals surface area contributed by atoms with E-state index in [9.17, 15) is 4.79 Å². The van der Waals surface area contributed by atoms with Crippen LogP contribution in [0.1, 0.15) is 30.4 Å². The molecule has 1 aromatic rings. The Morgan fingerprint density at radius 1 is 1.18 bits per heavy atom. The van der Waals surface area contributed by atoms with Gasteiger partial charge >= 0.3 is 0 Å². The zero-order chi connectivity index (χ0) is 12.0. The monoisotopic (exact) mass is 229 g/mol. The molecule has 0 aliphatic heterocycles. The van der Waals surface area contributed by atoms with Crippen molar-refractivity contribution in [3.05, 3.63) is 29.3 Å². The molecular weight excluding hydrogens is 210 g/mol. The van der Waals surface area contributed by atoms with Crippen molar-refractivity contribution >= 4 is 11.6 Å². The van der Waals surface area contributed by atoms with Gasteiger partial charge in [0.2, 0.25) is 5.91 Å². The zero-order valence-corrected chi connectivity index (χ0v) is 10.5. The molecule has 0 saturated heterocycles. The summed E-state index contributed by atoms with van der Waals surface area (Å²) < 4.78 is 0. The maximum absolute atomic E-state index is 12.1. The second-order valence-corrected chi connectivity index (χ2v) is 5.73. The number of hydrogen-bond acceptors (Lipinski definition) is 1.